The fourth-order valence-electron chi connectivity index (χ4n) is 2.61. The molecule has 0 spiro atoms. The molecule has 6 nitrogen and oxygen atoms in total. The van der Waals surface area contributed by atoms with Crippen molar-refractivity contribution in [2.24, 2.45) is 0 Å². The first-order chi connectivity index (χ1) is 8.46. The number of rotatable bonds is 0. The van der Waals surface area contributed by atoms with Gasteiger partial charge in [-0.1, -0.05) is 0 Å². The Morgan fingerprint density at radius 1 is 0.278 bits per heavy atom. The highest BCUT2D eigenvalue weighted by molar-refractivity contribution is 6.29. The molecule has 0 aromatic heterocycles. The van der Waals surface area contributed by atoms with Crippen molar-refractivity contribution in [2.45, 2.75) is 0 Å². The Bertz CT molecular complexity index is 971. The Morgan fingerprint density at radius 2 is 0.389 bits per heavy atom. The zero-order chi connectivity index (χ0) is 12.9. The number of hydrogen-bond acceptors (Lipinski definition) is 6. The topological polar surface area (TPSA) is 102 Å². The predicted octanol–water partition coefficient (Wildman–Crippen LogP) is -2.07. The summed E-state index contributed by atoms with van der Waals surface area (Å²) in [6.07, 6.45) is 0. The highest BCUT2D eigenvalue weighted by Crippen LogP contribution is 2.27. The van der Waals surface area contributed by atoms with Crippen LogP contribution in [-0.2, 0) is 0 Å². The molecule has 0 bridgehead atoms. The van der Waals surface area contributed by atoms with Gasteiger partial charge in [0.15, 0.2) is 0 Å². The van der Waals surface area contributed by atoms with E-state index in [4.69, 9.17) is 0 Å². The molecule has 0 heterocycles. The van der Waals surface area contributed by atoms with Crippen LogP contribution in [0.4, 0.5) is 0 Å². The van der Waals surface area contributed by atoms with Crippen molar-refractivity contribution in [3.05, 3.63) is 61.3 Å². The summed E-state index contributed by atoms with van der Waals surface area (Å²) < 4.78 is 0. The lowest BCUT2D eigenvalue weighted by Gasteiger charge is -2.11. The van der Waals surface area contributed by atoms with E-state index in [2.05, 4.69) is 0 Å². The quantitative estimate of drug-likeness (QED) is 0.327. The maximum Gasteiger partial charge on any atom is 0.235 e. The first kappa shape index (κ1) is 9.29. The van der Waals surface area contributed by atoms with E-state index >= 15 is 0 Å². The van der Waals surface area contributed by atoms with Gasteiger partial charge in [-0.2, -0.15) is 0 Å². The second-order valence-electron chi connectivity index (χ2n) is 4.22. The fraction of sp³-hybridized carbons (Fsp3) is 0. The van der Waals surface area contributed by atoms with Crippen LogP contribution in [0.15, 0.2) is 28.8 Å². The minimum absolute atomic E-state index is 0.167. The lowest BCUT2D eigenvalue weighted by atomic mass is 9.85. The summed E-state index contributed by atoms with van der Waals surface area (Å²) in [4.78, 5) is 68.3. The molecule has 0 unspecified atom stereocenters. The third-order valence-corrected chi connectivity index (χ3v) is 3.48. The van der Waals surface area contributed by atoms with Crippen molar-refractivity contribution >= 4 is 32.3 Å². The van der Waals surface area contributed by atoms with E-state index in [1.807, 2.05) is 0 Å². The van der Waals surface area contributed by atoms with Crippen molar-refractivity contribution in [3.63, 3.8) is 0 Å². The van der Waals surface area contributed by atoms with E-state index in [0.717, 1.165) is 0 Å². The standard InChI is InChI=1S/C12O6/c13-7-1-2(8(7)14)4-6(12(18)11(4)17)5-3(1)9(15)10(5)16. The van der Waals surface area contributed by atoms with Gasteiger partial charge in [0.1, 0.15) is 0 Å². The van der Waals surface area contributed by atoms with E-state index in [1.54, 1.807) is 0 Å². The largest absolute Gasteiger partial charge is 0.285 e. The smallest absolute Gasteiger partial charge is 0.235 e. The molecular weight excluding hydrogens is 240 g/mol. The minimum Gasteiger partial charge on any atom is -0.285 e. The average molecular weight is 240 g/mol. The summed E-state index contributed by atoms with van der Waals surface area (Å²) in [5, 5.41) is -1.00. The molecule has 0 saturated carbocycles. The monoisotopic (exact) mass is 240 g/mol. The molecule has 6 heteroatoms. The van der Waals surface area contributed by atoms with Crippen LogP contribution in [-0.4, -0.2) is 0 Å². The molecule has 18 heavy (non-hydrogen) atoms. The molecule has 4 aromatic carbocycles. The van der Waals surface area contributed by atoms with Gasteiger partial charge in [0.25, 0.3) is 0 Å². The van der Waals surface area contributed by atoms with Crippen LogP contribution in [0.2, 0.25) is 0 Å². The fourth-order valence-corrected chi connectivity index (χ4v) is 2.61. The van der Waals surface area contributed by atoms with Gasteiger partial charge in [0.2, 0.25) is 32.6 Å². The van der Waals surface area contributed by atoms with Crippen LogP contribution < -0.4 is 32.6 Å². The number of hydrogen-bond donors (Lipinski definition) is 0. The van der Waals surface area contributed by atoms with Gasteiger partial charge in [-0.15, -0.1) is 0 Å². The van der Waals surface area contributed by atoms with Gasteiger partial charge in [-0.05, 0) is 0 Å². The summed E-state index contributed by atoms with van der Waals surface area (Å²) >= 11 is 0. The van der Waals surface area contributed by atoms with Gasteiger partial charge < -0.3 is 0 Å². The Labute approximate surface area is 94.4 Å². The van der Waals surface area contributed by atoms with Crippen LogP contribution >= 0.6 is 0 Å². The highest BCUT2D eigenvalue weighted by atomic mass is 16.2. The normalized spacial score (nSPS) is 12.7. The summed E-state index contributed by atoms with van der Waals surface area (Å²) in [5.74, 6) is 0. The Hall–Kier alpha value is -2.76. The zero-order valence-electron chi connectivity index (χ0n) is 8.45. The predicted molar refractivity (Wildman–Crippen MR) is 63.7 cm³/mol. The van der Waals surface area contributed by atoms with E-state index in [9.17, 15) is 28.8 Å². The molecule has 0 aliphatic rings. The molecule has 0 aliphatic carbocycles. The minimum atomic E-state index is -0.878. The van der Waals surface area contributed by atoms with Crippen LogP contribution in [0.25, 0.3) is 32.3 Å². The Kier molecular flexibility index (Phi) is 1.17. The molecular formula is C12O6. The summed E-state index contributed by atoms with van der Waals surface area (Å²) in [6.45, 7) is 0. The lowest BCUT2D eigenvalue weighted by Crippen LogP contribution is -2.43. The molecule has 0 amide bonds. The first-order valence-corrected chi connectivity index (χ1v) is 4.97. The second-order valence-corrected chi connectivity index (χ2v) is 4.22. The first-order valence-electron chi connectivity index (χ1n) is 4.97. The molecule has 4 rings (SSSR count). The van der Waals surface area contributed by atoms with Gasteiger partial charge in [-0.3, -0.25) is 28.8 Å². The zero-order valence-corrected chi connectivity index (χ0v) is 8.45. The third-order valence-electron chi connectivity index (χ3n) is 3.48. The van der Waals surface area contributed by atoms with Crippen LogP contribution in [0.5, 0.6) is 0 Å². The molecule has 0 atom stereocenters. The molecule has 0 fully saturated rings. The van der Waals surface area contributed by atoms with Gasteiger partial charge in [0.05, 0.1) is 32.3 Å². The number of fused-ring (bicyclic) bond motifs is 6. The van der Waals surface area contributed by atoms with Crippen molar-refractivity contribution in [1.82, 2.24) is 0 Å². The Morgan fingerprint density at radius 3 is 0.500 bits per heavy atom. The van der Waals surface area contributed by atoms with E-state index in [-0.39, 0.29) is 32.3 Å². The van der Waals surface area contributed by atoms with Gasteiger partial charge >= 0.3 is 0 Å². The number of benzene rings is 1. The second kappa shape index (κ2) is 2.26. The molecule has 0 saturated heterocycles. The molecule has 0 N–H and O–H groups in total. The molecule has 84 valence electrons. The maximum atomic E-state index is 11.4. The molecule has 0 aliphatic heterocycles. The van der Waals surface area contributed by atoms with Crippen LogP contribution in [0.1, 0.15) is 0 Å². The molecule has 4 aromatic rings. The third kappa shape index (κ3) is 0.605. The van der Waals surface area contributed by atoms with Crippen molar-refractivity contribution < 1.29 is 0 Å². The van der Waals surface area contributed by atoms with Gasteiger partial charge in [0, 0.05) is 0 Å². The van der Waals surface area contributed by atoms with Crippen molar-refractivity contribution in [3.8, 4) is 0 Å². The van der Waals surface area contributed by atoms with Crippen LogP contribution in [0, 0.1) is 0 Å². The Balaban J connectivity index is 2.64. The summed E-state index contributed by atoms with van der Waals surface area (Å²) in [6, 6.07) is 0. The van der Waals surface area contributed by atoms with E-state index < -0.39 is 32.6 Å². The van der Waals surface area contributed by atoms with Crippen molar-refractivity contribution in [2.75, 3.05) is 0 Å². The summed E-state index contributed by atoms with van der Waals surface area (Å²) in [5.41, 5.74) is -5.27. The highest BCUT2D eigenvalue weighted by Gasteiger charge is 2.32. The average Bonchev–Trinajstić information content (AvgIpc) is 2.41. The summed E-state index contributed by atoms with van der Waals surface area (Å²) in [7, 11) is 0. The van der Waals surface area contributed by atoms with Crippen molar-refractivity contribution in [1.29, 1.82) is 0 Å². The van der Waals surface area contributed by atoms with Gasteiger partial charge in [-0.25, -0.2) is 0 Å². The molecule has 0 radical (unpaired) electrons. The maximum absolute atomic E-state index is 11.4. The lowest BCUT2D eigenvalue weighted by molar-refractivity contribution is 1.48. The van der Waals surface area contributed by atoms with Crippen LogP contribution in [0.3, 0.4) is 0 Å². The van der Waals surface area contributed by atoms with E-state index in [0.29, 0.717) is 0 Å². The van der Waals surface area contributed by atoms with E-state index in [1.165, 1.54) is 0 Å². The SMILES string of the molecule is O=c1c(=O)c2c1c1c(=O)c(=O)c1c1c(=O)c(=O)c21.